The van der Waals surface area contributed by atoms with E-state index in [4.69, 9.17) is 4.74 Å². The van der Waals surface area contributed by atoms with Gasteiger partial charge in [0.25, 0.3) is 0 Å². The smallest absolute Gasteiger partial charge is 0.215 e. The average molecular weight is 561 g/mol. The van der Waals surface area contributed by atoms with Crippen LogP contribution in [0.3, 0.4) is 0 Å². The molecular formula is C22H33IN4O3S. The second kappa shape index (κ2) is 13.5. The summed E-state index contributed by atoms with van der Waals surface area (Å²) in [5, 5.41) is 6.61. The highest BCUT2D eigenvalue weighted by Crippen LogP contribution is 2.19. The zero-order valence-corrected chi connectivity index (χ0v) is 21.7. The van der Waals surface area contributed by atoms with E-state index in [1.807, 2.05) is 43.3 Å². The van der Waals surface area contributed by atoms with Gasteiger partial charge in [-0.25, -0.2) is 18.1 Å². The minimum atomic E-state index is -3.27. The molecule has 2 aromatic carbocycles. The molecule has 0 saturated heterocycles. The fourth-order valence-corrected chi connectivity index (χ4v) is 3.74. The summed E-state index contributed by atoms with van der Waals surface area (Å²) in [6, 6.07) is 13.6. The molecule has 0 amide bonds. The van der Waals surface area contributed by atoms with Gasteiger partial charge in [0.15, 0.2) is 5.96 Å². The van der Waals surface area contributed by atoms with E-state index in [1.165, 1.54) is 12.6 Å². The Hall–Kier alpha value is -1.85. The number of nitrogens with one attached hydrogen (secondary N) is 3. The molecule has 0 atom stereocenters. The number of hydrogen-bond acceptors (Lipinski definition) is 4. The maximum Gasteiger partial charge on any atom is 0.215 e. The standard InChI is InChI=1S/C22H32N4O3S.HI/c1-5-24-22(25-13-12-20-14-17(2)6-11-21(20)29-4)26-15-18-7-9-19(10-8-18)16-30(27,28)23-3;/h6-11,14,23H,5,12-13,15-16H2,1-4H3,(H2,24,25,26);1H. The van der Waals surface area contributed by atoms with Gasteiger partial charge in [-0.2, -0.15) is 0 Å². The summed E-state index contributed by atoms with van der Waals surface area (Å²) in [6.45, 7) is 6.09. The van der Waals surface area contributed by atoms with E-state index in [2.05, 4.69) is 33.3 Å². The molecule has 0 bridgehead atoms. The third-order valence-electron chi connectivity index (χ3n) is 4.58. The maximum absolute atomic E-state index is 11.6. The predicted octanol–water partition coefficient (Wildman–Crippen LogP) is 2.97. The van der Waals surface area contributed by atoms with Crippen molar-refractivity contribution in [3.05, 3.63) is 64.7 Å². The van der Waals surface area contributed by atoms with Crippen molar-refractivity contribution in [2.75, 3.05) is 27.2 Å². The number of aliphatic imine (C=N–C) groups is 1. The Morgan fingerprint density at radius 3 is 2.35 bits per heavy atom. The number of rotatable bonds is 10. The molecule has 0 aliphatic heterocycles. The maximum atomic E-state index is 11.6. The van der Waals surface area contributed by atoms with Crippen molar-refractivity contribution < 1.29 is 13.2 Å². The lowest BCUT2D eigenvalue weighted by molar-refractivity contribution is 0.409. The van der Waals surface area contributed by atoms with E-state index in [-0.39, 0.29) is 29.7 Å². The normalized spacial score (nSPS) is 11.5. The first-order chi connectivity index (χ1) is 14.4. The first-order valence-corrected chi connectivity index (χ1v) is 11.7. The van der Waals surface area contributed by atoms with E-state index < -0.39 is 10.0 Å². The van der Waals surface area contributed by atoms with Gasteiger partial charge in [-0.05, 0) is 50.1 Å². The van der Waals surface area contributed by atoms with Gasteiger partial charge < -0.3 is 15.4 Å². The molecule has 0 radical (unpaired) electrons. The molecule has 0 saturated carbocycles. The monoisotopic (exact) mass is 560 g/mol. The summed E-state index contributed by atoms with van der Waals surface area (Å²) in [6.07, 6.45) is 0.823. The summed E-state index contributed by atoms with van der Waals surface area (Å²) < 4.78 is 31.1. The molecule has 0 aromatic heterocycles. The lowest BCUT2D eigenvalue weighted by atomic mass is 10.1. The molecule has 2 rings (SSSR count). The minimum absolute atomic E-state index is 0. The summed E-state index contributed by atoms with van der Waals surface area (Å²) in [4.78, 5) is 4.63. The Morgan fingerprint density at radius 2 is 1.74 bits per heavy atom. The van der Waals surface area contributed by atoms with Crippen LogP contribution in [0.15, 0.2) is 47.5 Å². The predicted molar refractivity (Wildman–Crippen MR) is 138 cm³/mol. The zero-order valence-electron chi connectivity index (χ0n) is 18.6. The van der Waals surface area contributed by atoms with Crippen LogP contribution < -0.4 is 20.1 Å². The van der Waals surface area contributed by atoms with Crippen molar-refractivity contribution in [2.24, 2.45) is 4.99 Å². The van der Waals surface area contributed by atoms with Gasteiger partial charge in [-0.1, -0.05) is 42.0 Å². The van der Waals surface area contributed by atoms with E-state index in [1.54, 1.807) is 7.11 Å². The second-order valence-corrected chi connectivity index (χ2v) is 8.89. The van der Waals surface area contributed by atoms with Crippen LogP contribution in [0.2, 0.25) is 0 Å². The highest BCUT2D eigenvalue weighted by atomic mass is 127. The SMILES string of the molecule is CCNC(=NCc1ccc(CS(=O)(=O)NC)cc1)NCCc1cc(C)ccc1OC.I. The van der Waals surface area contributed by atoms with Crippen LogP contribution in [-0.4, -0.2) is 41.6 Å². The molecule has 2 aromatic rings. The van der Waals surface area contributed by atoms with Gasteiger partial charge in [0, 0.05) is 13.1 Å². The van der Waals surface area contributed by atoms with Crippen molar-refractivity contribution in [2.45, 2.75) is 32.6 Å². The first-order valence-electron chi connectivity index (χ1n) is 10.0. The molecule has 9 heteroatoms. The average Bonchev–Trinajstić information content (AvgIpc) is 2.73. The van der Waals surface area contributed by atoms with E-state index in [0.717, 1.165) is 47.9 Å². The van der Waals surface area contributed by atoms with Crippen molar-refractivity contribution >= 4 is 40.0 Å². The molecule has 3 N–H and O–H groups in total. The van der Waals surface area contributed by atoms with Gasteiger partial charge in [-0.3, -0.25) is 0 Å². The molecule has 0 heterocycles. The molecule has 0 aliphatic carbocycles. The molecule has 0 fully saturated rings. The highest BCUT2D eigenvalue weighted by molar-refractivity contribution is 14.0. The van der Waals surface area contributed by atoms with Crippen LogP contribution in [0.1, 0.15) is 29.2 Å². The summed E-state index contributed by atoms with van der Waals surface area (Å²) in [5.41, 5.74) is 4.12. The number of ether oxygens (including phenoxy) is 1. The van der Waals surface area contributed by atoms with E-state index >= 15 is 0 Å². The van der Waals surface area contributed by atoms with E-state index in [0.29, 0.717) is 6.54 Å². The second-order valence-electron chi connectivity index (χ2n) is 6.97. The van der Waals surface area contributed by atoms with Crippen LogP contribution in [0.5, 0.6) is 5.75 Å². The van der Waals surface area contributed by atoms with Crippen LogP contribution in [0.4, 0.5) is 0 Å². The van der Waals surface area contributed by atoms with Crippen molar-refractivity contribution in [3.63, 3.8) is 0 Å². The van der Waals surface area contributed by atoms with Crippen LogP contribution in [0.25, 0.3) is 0 Å². The lowest BCUT2D eigenvalue weighted by Crippen LogP contribution is -2.38. The number of halogens is 1. The number of guanidine groups is 1. The third-order valence-corrected chi connectivity index (χ3v) is 5.91. The number of hydrogen-bond donors (Lipinski definition) is 3. The topological polar surface area (TPSA) is 91.8 Å². The van der Waals surface area contributed by atoms with Gasteiger partial charge in [0.05, 0.1) is 19.4 Å². The Bertz CT molecular complexity index is 948. The number of sulfonamides is 1. The van der Waals surface area contributed by atoms with Crippen LogP contribution in [-0.2, 0) is 28.7 Å². The van der Waals surface area contributed by atoms with E-state index in [9.17, 15) is 8.42 Å². The largest absolute Gasteiger partial charge is 0.496 e. The summed E-state index contributed by atoms with van der Waals surface area (Å²) in [7, 11) is -0.160. The molecule has 7 nitrogen and oxygen atoms in total. The van der Waals surface area contributed by atoms with Crippen LogP contribution in [0, 0.1) is 6.92 Å². The fourth-order valence-electron chi connectivity index (χ4n) is 2.96. The zero-order chi connectivity index (χ0) is 22.0. The minimum Gasteiger partial charge on any atom is -0.496 e. The van der Waals surface area contributed by atoms with Gasteiger partial charge in [0.2, 0.25) is 10.0 Å². The van der Waals surface area contributed by atoms with Crippen molar-refractivity contribution in [1.29, 1.82) is 0 Å². The third kappa shape index (κ3) is 9.44. The summed E-state index contributed by atoms with van der Waals surface area (Å²) in [5.74, 6) is 1.61. The molecule has 31 heavy (non-hydrogen) atoms. The Morgan fingerprint density at radius 1 is 1.06 bits per heavy atom. The number of nitrogens with zero attached hydrogens (tertiary/aromatic N) is 1. The van der Waals surface area contributed by atoms with Crippen molar-refractivity contribution in [1.82, 2.24) is 15.4 Å². The molecule has 0 unspecified atom stereocenters. The number of benzene rings is 2. The highest BCUT2D eigenvalue weighted by Gasteiger charge is 2.08. The molecular weight excluding hydrogens is 527 g/mol. The quantitative estimate of drug-likeness (QED) is 0.236. The van der Waals surface area contributed by atoms with Gasteiger partial charge >= 0.3 is 0 Å². The molecule has 0 spiro atoms. The lowest BCUT2D eigenvalue weighted by Gasteiger charge is -2.13. The Kier molecular flexibility index (Phi) is 11.9. The van der Waals surface area contributed by atoms with Crippen LogP contribution >= 0.6 is 24.0 Å². The molecule has 0 aliphatic rings. The first kappa shape index (κ1) is 27.2. The Labute approximate surface area is 203 Å². The number of aryl methyl sites for hydroxylation is 1. The number of methoxy groups -OCH3 is 1. The molecule has 172 valence electrons. The van der Waals surface area contributed by atoms with Gasteiger partial charge in [-0.15, -0.1) is 24.0 Å². The van der Waals surface area contributed by atoms with Gasteiger partial charge in [0.1, 0.15) is 5.75 Å². The fraction of sp³-hybridized carbons (Fsp3) is 0.409. The van der Waals surface area contributed by atoms with Crippen molar-refractivity contribution in [3.8, 4) is 5.75 Å². The summed E-state index contributed by atoms with van der Waals surface area (Å²) >= 11 is 0. The Balaban J connectivity index is 0.00000480.